The minimum absolute atomic E-state index is 0.0278. The quantitative estimate of drug-likeness (QED) is 0.449. The van der Waals surface area contributed by atoms with E-state index in [-0.39, 0.29) is 6.61 Å². The molecule has 0 aromatic heterocycles. The molecule has 2 N–H and O–H groups in total. The second kappa shape index (κ2) is 3.79. The molecule has 0 aromatic rings. The topological polar surface area (TPSA) is 58.9 Å². The third-order valence-corrected chi connectivity index (χ3v) is 1.34. The van der Waals surface area contributed by atoms with E-state index < -0.39 is 5.60 Å². The van der Waals surface area contributed by atoms with Crippen molar-refractivity contribution in [3.8, 4) is 0 Å². The Morgan fingerprint density at radius 1 is 1.44 bits per heavy atom. The van der Waals surface area contributed by atoms with Crippen LogP contribution in [0.25, 0.3) is 0 Å². The van der Waals surface area contributed by atoms with E-state index in [1.807, 2.05) is 6.92 Å². The fourth-order valence-electron chi connectivity index (χ4n) is 0.330. The highest BCUT2D eigenvalue weighted by atomic mass is 17.1. The summed E-state index contributed by atoms with van der Waals surface area (Å²) >= 11 is 0. The molecule has 1 atom stereocenters. The van der Waals surface area contributed by atoms with Crippen LogP contribution in [0.15, 0.2) is 0 Å². The van der Waals surface area contributed by atoms with Gasteiger partial charge in [0, 0.05) is 0 Å². The maximum atomic E-state index is 8.23. The molecule has 0 bridgehead atoms. The molecule has 0 aliphatic carbocycles. The normalized spacial score (nSPS) is 17.3. The highest BCUT2D eigenvalue weighted by molar-refractivity contribution is 4.69. The highest BCUT2D eigenvalue weighted by Crippen LogP contribution is 2.12. The molecule has 56 valence electrons. The zero-order valence-electron chi connectivity index (χ0n) is 5.63. The summed E-state index contributed by atoms with van der Waals surface area (Å²) < 4.78 is 0. The van der Waals surface area contributed by atoms with E-state index in [0.717, 1.165) is 0 Å². The van der Waals surface area contributed by atoms with E-state index in [0.29, 0.717) is 6.42 Å². The lowest BCUT2D eigenvalue weighted by Gasteiger charge is -2.21. The Labute approximate surface area is 53.9 Å². The Kier molecular flexibility index (Phi) is 3.72. The predicted molar refractivity (Wildman–Crippen MR) is 31.0 cm³/mol. The molecular formula is C5H12O4. The van der Waals surface area contributed by atoms with E-state index >= 15 is 0 Å². The molecule has 9 heavy (non-hydrogen) atoms. The van der Waals surface area contributed by atoms with Gasteiger partial charge >= 0.3 is 0 Å². The number of hydrogen-bond donors (Lipinski definition) is 2. The summed E-state index contributed by atoms with van der Waals surface area (Å²) in [4.78, 5) is 7.85. The minimum Gasteiger partial charge on any atom is -0.252 e. The van der Waals surface area contributed by atoms with Gasteiger partial charge in [0.2, 0.25) is 0 Å². The summed E-state index contributed by atoms with van der Waals surface area (Å²) in [5.41, 5.74) is -0.783. The lowest BCUT2D eigenvalue weighted by molar-refractivity contribution is -0.361. The summed E-state index contributed by atoms with van der Waals surface area (Å²) in [5.74, 6) is 0. The largest absolute Gasteiger partial charge is 0.252 e. The second-order valence-electron chi connectivity index (χ2n) is 2.17. The van der Waals surface area contributed by atoms with Gasteiger partial charge in [0.25, 0.3) is 0 Å². The molecule has 0 aliphatic heterocycles. The summed E-state index contributed by atoms with van der Waals surface area (Å²) in [6, 6.07) is 0. The molecule has 0 heterocycles. The average Bonchev–Trinajstić information content (AvgIpc) is 1.89. The molecule has 0 aromatic carbocycles. The van der Waals surface area contributed by atoms with Crippen LogP contribution in [0.1, 0.15) is 20.3 Å². The summed E-state index contributed by atoms with van der Waals surface area (Å²) in [7, 11) is 0. The van der Waals surface area contributed by atoms with E-state index in [4.69, 9.17) is 10.5 Å². The van der Waals surface area contributed by atoms with E-state index in [1.54, 1.807) is 6.92 Å². The molecule has 0 amide bonds. The number of hydrogen-bond acceptors (Lipinski definition) is 4. The van der Waals surface area contributed by atoms with Gasteiger partial charge in [0.1, 0.15) is 12.2 Å². The second-order valence-corrected chi connectivity index (χ2v) is 2.17. The van der Waals surface area contributed by atoms with E-state index in [9.17, 15) is 0 Å². The zero-order valence-corrected chi connectivity index (χ0v) is 5.63. The molecule has 0 saturated carbocycles. The van der Waals surface area contributed by atoms with Gasteiger partial charge in [-0.1, -0.05) is 6.92 Å². The van der Waals surface area contributed by atoms with Gasteiger partial charge in [0.15, 0.2) is 0 Å². The Balaban J connectivity index is 3.62. The predicted octanol–water partition coefficient (Wildman–Crippen LogP) is 1.13. The molecule has 0 rings (SSSR count). The van der Waals surface area contributed by atoms with Crippen LogP contribution in [-0.4, -0.2) is 22.7 Å². The molecule has 0 saturated heterocycles. The molecule has 1 unspecified atom stereocenters. The summed E-state index contributed by atoms with van der Waals surface area (Å²) in [6.45, 7) is 3.42. The first kappa shape index (κ1) is 8.84. The van der Waals surface area contributed by atoms with Gasteiger partial charge < -0.3 is 0 Å². The van der Waals surface area contributed by atoms with Crippen LogP contribution in [0, 0.1) is 0 Å². The summed E-state index contributed by atoms with van der Waals surface area (Å²) in [5, 5.41) is 16.2. The van der Waals surface area contributed by atoms with Crippen LogP contribution >= 0.6 is 0 Å². The molecule has 4 heteroatoms. The van der Waals surface area contributed by atoms with Gasteiger partial charge in [0.05, 0.1) is 0 Å². The van der Waals surface area contributed by atoms with Crippen LogP contribution in [0.3, 0.4) is 0 Å². The van der Waals surface area contributed by atoms with Crippen LogP contribution < -0.4 is 0 Å². The minimum atomic E-state index is -0.783. The Hall–Kier alpha value is -0.160. The van der Waals surface area contributed by atoms with Crippen molar-refractivity contribution in [2.24, 2.45) is 0 Å². The lowest BCUT2D eigenvalue weighted by Crippen LogP contribution is -2.32. The Morgan fingerprint density at radius 3 is 2.11 bits per heavy atom. The van der Waals surface area contributed by atoms with Gasteiger partial charge in [-0.15, -0.1) is 0 Å². The first-order valence-electron chi connectivity index (χ1n) is 2.77. The van der Waals surface area contributed by atoms with Gasteiger partial charge in [-0.25, -0.2) is 9.78 Å². The lowest BCUT2D eigenvalue weighted by atomic mass is 10.1. The summed E-state index contributed by atoms with van der Waals surface area (Å²) in [6.07, 6.45) is 0.573. The van der Waals surface area contributed by atoms with Crippen LogP contribution in [0.5, 0.6) is 0 Å². The third-order valence-electron chi connectivity index (χ3n) is 1.34. The molecule has 4 nitrogen and oxygen atoms in total. The maximum absolute atomic E-state index is 8.23. The number of rotatable bonds is 4. The van der Waals surface area contributed by atoms with Gasteiger partial charge in [-0.2, -0.15) is 0 Å². The highest BCUT2D eigenvalue weighted by Gasteiger charge is 2.23. The Morgan fingerprint density at radius 2 is 2.00 bits per heavy atom. The van der Waals surface area contributed by atoms with E-state index in [1.165, 1.54) is 0 Å². The third kappa shape index (κ3) is 2.76. The fraction of sp³-hybridized carbons (Fsp3) is 1.00. The van der Waals surface area contributed by atoms with Crippen molar-refractivity contribution < 1.29 is 20.3 Å². The van der Waals surface area contributed by atoms with Crippen LogP contribution in [0.2, 0.25) is 0 Å². The van der Waals surface area contributed by atoms with Gasteiger partial charge in [-0.05, 0) is 13.3 Å². The Bertz CT molecular complexity index is 69.4. The molecule has 0 spiro atoms. The van der Waals surface area contributed by atoms with Crippen LogP contribution in [-0.2, 0) is 9.78 Å². The van der Waals surface area contributed by atoms with Crippen molar-refractivity contribution in [3.63, 3.8) is 0 Å². The van der Waals surface area contributed by atoms with Crippen LogP contribution in [0.4, 0.5) is 0 Å². The monoisotopic (exact) mass is 136 g/mol. The maximum Gasteiger partial charge on any atom is 0.127 e. The van der Waals surface area contributed by atoms with Crippen molar-refractivity contribution in [2.45, 2.75) is 25.9 Å². The van der Waals surface area contributed by atoms with Crippen molar-refractivity contribution in [2.75, 3.05) is 6.61 Å². The molecule has 0 fully saturated rings. The average molecular weight is 136 g/mol. The molecule has 0 radical (unpaired) electrons. The first-order valence-corrected chi connectivity index (χ1v) is 2.77. The van der Waals surface area contributed by atoms with Crippen molar-refractivity contribution in [3.05, 3.63) is 0 Å². The van der Waals surface area contributed by atoms with Gasteiger partial charge in [-0.3, -0.25) is 10.5 Å². The van der Waals surface area contributed by atoms with Crippen molar-refractivity contribution >= 4 is 0 Å². The standard InChI is InChI=1S/C5H12O4/c1-3-5(2,9-7)4-8-6/h6-7H,3-4H2,1-2H3. The zero-order chi connectivity index (χ0) is 7.33. The van der Waals surface area contributed by atoms with E-state index in [2.05, 4.69) is 9.78 Å². The van der Waals surface area contributed by atoms with Crippen molar-refractivity contribution in [1.82, 2.24) is 0 Å². The fourth-order valence-corrected chi connectivity index (χ4v) is 0.330. The van der Waals surface area contributed by atoms with Crippen molar-refractivity contribution in [1.29, 1.82) is 0 Å². The molecule has 0 aliphatic rings. The first-order chi connectivity index (χ1) is 4.18. The smallest absolute Gasteiger partial charge is 0.127 e. The molecular weight excluding hydrogens is 124 g/mol. The SMILES string of the molecule is CCC(C)(COO)OO.